The van der Waals surface area contributed by atoms with Crippen molar-refractivity contribution in [3.63, 3.8) is 0 Å². The van der Waals surface area contributed by atoms with Gasteiger partial charge < -0.3 is 14.3 Å². The first-order valence-corrected chi connectivity index (χ1v) is 11.0. The number of oxime groups is 1. The Morgan fingerprint density at radius 1 is 0.943 bits per heavy atom. The van der Waals surface area contributed by atoms with E-state index in [1.807, 2.05) is 72.8 Å². The molecule has 1 amide bonds. The summed E-state index contributed by atoms with van der Waals surface area (Å²) in [6.45, 7) is 0. The number of fused-ring (bicyclic) bond motifs is 1. The highest BCUT2D eigenvalue weighted by Crippen LogP contribution is 2.47. The molecule has 0 radical (unpaired) electrons. The van der Waals surface area contributed by atoms with E-state index in [-0.39, 0.29) is 5.91 Å². The topological polar surface area (TPSA) is 89.0 Å². The summed E-state index contributed by atoms with van der Waals surface area (Å²) in [7, 11) is 4.75. The van der Waals surface area contributed by atoms with Crippen molar-refractivity contribution in [2.75, 3.05) is 26.2 Å². The van der Waals surface area contributed by atoms with Crippen LogP contribution in [0.1, 0.15) is 33.2 Å². The van der Waals surface area contributed by atoms with Crippen LogP contribution in [0.15, 0.2) is 78.0 Å². The molecule has 0 saturated carbocycles. The number of H-pyrrole nitrogens is 1. The van der Waals surface area contributed by atoms with E-state index in [0.717, 1.165) is 33.7 Å². The maximum atomic E-state index is 13.7. The van der Waals surface area contributed by atoms with Crippen LogP contribution < -0.4 is 14.4 Å². The monoisotopic (exact) mass is 468 g/mol. The van der Waals surface area contributed by atoms with E-state index in [4.69, 9.17) is 14.3 Å². The molecular weight excluding hydrogens is 444 g/mol. The first-order chi connectivity index (χ1) is 17.2. The molecule has 1 N–H and O–H groups in total. The van der Waals surface area contributed by atoms with Crippen molar-refractivity contribution in [1.29, 1.82) is 0 Å². The molecule has 2 heterocycles. The predicted molar refractivity (Wildman–Crippen MR) is 133 cm³/mol. The molecular formula is C27H24N4O4. The van der Waals surface area contributed by atoms with Gasteiger partial charge in [0.25, 0.3) is 5.91 Å². The number of aromatic amines is 1. The van der Waals surface area contributed by atoms with Gasteiger partial charge in [-0.15, -0.1) is 0 Å². The maximum Gasteiger partial charge on any atom is 0.277 e. The quantitative estimate of drug-likeness (QED) is 0.310. The summed E-state index contributed by atoms with van der Waals surface area (Å²) in [5, 5.41) is 11.3. The number of hydrogen-bond donors (Lipinski definition) is 1. The van der Waals surface area contributed by atoms with Crippen LogP contribution in [0.25, 0.3) is 11.3 Å². The van der Waals surface area contributed by atoms with Gasteiger partial charge in [-0.3, -0.25) is 14.8 Å². The van der Waals surface area contributed by atoms with Crippen molar-refractivity contribution in [2.24, 2.45) is 5.16 Å². The van der Waals surface area contributed by atoms with Crippen molar-refractivity contribution in [1.82, 2.24) is 10.2 Å². The predicted octanol–water partition coefficient (Wildman–Crippen LogP) is 4.82. The molecule has 1 aromatic heterocycles. The van der Waals surface area contributed by atoms with Gasteiger partial charge in [-0.25, -0.2) is 0 Å². The van der Waals surface area contributed by atoms with Gasteiger partial charge in [0.2, 0.25) is 0 Å². The highest BCUT2D eigenvalue weighted by atomic mass is 16.6. The standard InChI is InChI=1S/C27H24N4O4/c1-33-20-14-10-18(11-15-20)24-23-25(30-29-24)27(32)31(19-12-8-17(9-13-19)16-28-35-3)26(23)21-6-4-5-7-22(21)34-2/h4-16,26H,1-3H3,(H,29,30)/b28-16+. The molecule has 1 aliphatic heterocycles. The summed E-state index contributed by atoms with van der Waals surface area (Å²) in [4.78, 5) is 20.3. The van der Waals surface area contributed by atoms with Crippen LogP contribution in [0.5, 0.6) is 11.5 Å². The second kappa shape index (κ2) is 9.34. The summed E-state index contributed by atoms with van der Waals surface area (Å²) in [6, 6.07) is 22.5. The van der Waals surface area contributed by atoms with Crippen molar-refractivity contribution in [3.8, 4) is 22.8 Å². The minimum Gasteiger partial charge on any atom is -0.497 e. The molecule has 176 valence electrons. The molecule has 8 heteroatoms. The third-order valence-electron chi connectivity index (χ3n) is 6.04. The van der Waals surface area contributed by atoms with Crippen LogP contribution >= 0.6 is 0 Å². The first kappa shape index (κ1) is 22.2. The zero-order valence-corrected chi connectivity index (χ0v) is 19.6. The summed E-state index contributed by atoms with van der Waals surface area (Å²) >= 11 is 0. The van der Waals surface area contributed by atoms with Gasteiger partial charge in [-0.05, 0) is 48.0 Å². The van der Waals surface area contributed by atoms with Gasteiger partial charge in [0, 0.05) is 22.4 Å². The molecule has 0 bridgehead atoms. The van der Waals surface area contributed by atoms with Gasteiger partial charge in [0.05, 0.1) is 32.2 Å². The van der Waals surface area contributed by atoms with Crippen molar-refractivity contribution in [2.45, 2.75) is 6.04 Å². The van der Waals surface area contributed by atoms with Gasteiger partial charge in [0.15, 0.2) is 0 Å². The van der Waals surface area contributed by atoms with Crippen LogP contribution in [0.4, 0.5) is 5.69 Å². The number of amides is 1. The molecule has 0 fully saturated rings. The molecule has 0 spiro atoms. The number of carbonyl (C=O) groups excluding carboxylic acids is 1. The Balaban J connectivity index is 1.66. The van der Waals surface area contributed by atoms with E-state index in [1.165, 1.54) is 7.11 Å². The van der Waals surface area contributed by atoms with E-state index < -0.39 is 6.04 Å². The van der Waals surface area contributed by atoms with Crippen LogP contribution in [0.2, 0.25) is 0 Å². The maximum absolute atomic E-state index is 13.7. The third-order valence-corrected chi connectivity index (χ3v) is 6.04. The molecule has 35 heavy (non-hydrogen) atoms. The van der Waals surface area contributed by atoms with Gasteiger partial charge in [-0.1, -0.05) is 35.5 Å². The fraction of sp³-hybridized carbons (Fsp3) is 0.148. The summed E-state index contributed by atoms with van der Waals surface area (Å²) in [5.74, 6) is 1.27. The Labute approximate surface area is 202 Å². The van der Waals surface area contributed by atoms with E-state index >= 15 is 0 Å². The summed E-state index contributed by atoms with van der Waals surface area (Å²) in [5.41, 5.74) is 5.30. The Kier molecular flexibility index (Phi) is 5.93. The van der Waals surface area contributed by atoms with E-state index in [1.54, 1.807) is 25.3 Å². The number of anilines is 1. The lowest BCUT2D eigenvalue weighted by molar-refractivity contribution is 0.0988. The third kappa shape index (κ3) is 3.89. The Morgan fingerprint density at radius 2 is 1.69 bits per heavy atom. The summed E-state index contributed by atoms with van der Waals surface area (Å²) in [6.07, 6.45) is 1.61. The molecule has 8 nitrogen and oxygen atoms in total. The van der Waals surface area contributed by atoms with E-state index in [2.05, 4.69) is 15.4 Å². The highest BCUT2D eigenvalue weighted by Gasteiger charge is 2.44. The number of carbonyl (C=O) groups is 1. The molecule has 1 unspecified atom stereocenters. The van der Waals surface area contributed by atoms with Gasteiger partial charge in [0.1, 0.15) is 24.3 Å². The normalized spacial score (nSPS) is 14.9. The van der Waals surface area contributed by atoms with Gasteiger partial charge >= 0.3 is 0 Å². The van der Waals surface area contributed by atoms with Gasteiger partial charge in [-0.2, -0.15) is 5.10 Å². The Bertz CT molecular complexity index is 1380. The number of methoxy groups -OCH3 is 2. The summed E-state index contributed by atoms with van der Waals surface area (Å²) < 4.78 is 11.0. The minimum absolute atomic E-state index is 0.165. The number of hydrogen-bond acceptors (Lipinski definition) is 6. The van der Waals surface area contributed by atoms with Crippen molar-refractivity contribution < 1.29 is 19.1 Å². The Hall–Kier alpha value is -4.59. The zero-order chi connectivity index (χ0) is 24.4. The average molecular weight is 469 g/mol. The molecule has 3 aromatic carbocycles. The van der Waals surface area contributed by atoms with Crippen LogP contribution in [0, 0.1) is 0 Å². The van der Waals surface area contributed by atoms with Crippen LogP contribution in [-0.4, -0.2) is 43.6 Å². The fourth-order valence-electron chi connectivity index (χ4n) is 4.40. The fourth-order valence-corrected chi connectivity index (χ4v) is 4.40. The number of rotatable bonds is 7. The van der Waals surface area contributed by atoms with E-state index in [9.17, 15) is 4.79 Å². The Morgan fingerprint density at radius 3 is 2.37 bits per heavy atom. The molecule has 1 aliphatic rings. The largest absolute Gasteiger partial charge is 0.497 e. The zero-order valence-electron chi connectivity index (χ0n) is 19.6. The number of nitrogens with zero attached hydrogens (tertiary/aromatic N) is 3. The molecule has 0 saturated heterocycles. The van der Waals surface area contributed by atoms with E-state index in [0.29, 0.717) is 17.1 Å². The van der Waals surface area contributed by atoms with Crippen LogP contribution in [0.3, 0.4) is 0 Å². The SMILES string of the molecule is CO/N=C/c1ccc(N2C(=O)c3[nH]nc(-c4ccc(OC)cc4)c3C2c2ccccc2OC)cc1. The number of para-hydroxylation sites is 1. The number of nitrogens with one attached hydrogen (secondary N) is 1. The lowest BCUT2D eigenvalue weighted by Gasteiger charge is -2.27. The van der Waals surface area contributed by atoms with Crippen LogP contribution in [-0.2, 0) is 4.84 Å². The molecule has 1 atom stereocenters. The van der Waals surface area contributed by atoms with Crippen molar-refractivity contribution in [3.05, 3.63) is 95.2 Å². The number of benzene rings is 3. The second-order valence-electron chi connectivity index (χ2n) is 7.92. The van der Waals surface area contributed by atoms with Crippen molar-refractivity contribution >= 4 is 17.8 Å². The lowest BCUT2D eigenvalue weighted by Crippen LogP contribution is -2.29. The molecule has 5 rings (SSSR count). The minimum atomic E-state index is -0.442. The first-order valence-electron chi connectivity index (χ1n) is 11.0. The highest BCUT2D eigenvalue weighted by molar-refractivity contribution is 6.12. The number of aromatic nitrogens is 2. The second-order valence-corrected chi connectivity index (χ2v) is 7.92. The molecule has 4 aromatic rings. The molecule has 0 aliphatic carbocycles. The number of ether oxygens (including phenoxy) is 2. The smallest absolute Gasteiger partial charge is 0.277 e. The lowest BCUT2D eigenvalue weighted by atomic mass is 9.95. The average Bonchev–Trinajstić information content (AvgIpc) is 3.46.